The third-order valence-corrected chi connectivity index (χ3v) is 4.39. The molecule has 1 atom stereocenters. The van der Waals surface area contributed by atoms with E-state index in [-0.39, 0.29) is 5.54 Å². The van der Waals surface area contributed by atoms with Crippen LogP contribution in [0.2, 0.25) is 0 Å². The number of fused-ring (bicyclic) bond motifs is 1. The van der Waals surface area contributed by atoms with Crippen molar-refractivity contribution in [3.8, 4) is 0 Å². The Morgan fingerprint density at radius 3 is 2.95 bits per heavy atom. The van der Waals surface area contributed by atoms with E-state index >= 15 is 0 Å². The fourth-order valence-electron chi connectivity index (χ4n) is 3.42. The molecule has 0 spiro atoms. The number of hydrogen-bond donors (Lipinski definition) is 1. The second kappa shape index (κ2) is 4.91. The molecular formula is C15H25N3O. The number of aromatic nitrogens is 2. The van der Waals surface area contributed by atoms with Gasteiger partial charge in [-0.15, -0.1) is 0 Å². The van der Waals surface area contributed by atoms with E-state index in [2.05, 4.69) is 30.7 Å². The molecule has 1 fully saturated rings. The van der Waals surface area contributed by atoms with Gasteiger partial charge >= 0.3 is 0 Å². The van der Waals surface area contributed by atoms with Crippen LogP contribution in [0.25, 0.3) is 0 Å². The molecule has 0 radical (unpaired) electrons. The summed E-state index contributed by atoms with van der Waals surface area (Å²) in [4.78, 5) is 4.92. The number of nitrogens with zero attached hydrogens (tertiary/aromatic N) is 2. The Bertz CT molecular complexity index is 458. The van der Waals surface area contributed by atoms with E-state index in [1.165, 1.54) is 23.6 Å². The Morgan fingerprint density at radius 1 is 1.42 bits per heavy atom. The van der Waals surface area contributed by atoms with Crippen LogP contribution in [0.3, 0.4) is 0 Å². The molecule has 1 unspecified atom stereocenters. The topological polar surface area (TPSA) is 39.1 Å². The lowest BCUT2D eigenvalue weighted by Crippen LogP contribution is -2.42. The van der Waals surface area contributed by atoms with Crippen LogP contribution < -0.4 is 5.32 Å². The normalized spacial score (nSPS) is 27.6. The van der Waals surface area contributed by atoms with Crippen LogP contribution in [-0.2, 0) is 23.2 Å². The molecule has 4 nitrogen and oxygen atoms in total. The first kappa shape index (κ1) is 13.1. The Morgan fingerprint density at radius 2 is 2.26 bits per heavy atom. The predicted octanol–water partition coefficient (Wildman–Crippen LogP) is 2.18. The van der Waals surface area contributed by atoms with Gasteiger partial charge < -0.3 is 14.6 Å². The first-order valence-corrected chi connectivity index (χ1v) is 7.51. The maximum absolute atomic E-state index is 5.77. The number of hydrogen-bond acceptors (Lipinski definition) is 3. The van der Waals surface area contributed by atoms with Crippen molar-refractivity contribution >= 4 is 0 Å². The second-order valence-corrected chi connectivity index (χ2v) is 6.43. The van der Waals surface area contributed by atoms with Crippen molar-refractivity contribution in [2.45, 2.75) is 58.0 Å². The summed E-state index contributed by atoms with van der Waals surface area (Å²) < 4.78 is 8.29. The van der Waals surface area contributed by atoms with Crippen molar-refractivity contribution in [2.75, 3.05) is 19.8 Å². The highest BCUT2D eigenvalue weighted by Crippen LogP contribution is 2.34. The summed E-state index contributed by atoms with van der Waals surface area (Å²) in [6, 6.07) is 0. The molecule has 0 saturated carbocycles. The molecule has 1 aromatic heterocycles. The van der Waals surface area contributed by atoms with E-state index in [9.17, 15) is 0 Å². The quantitative estimate of drug-likeness (QED) is 0.889. The summed E-state index contributed by atoms with van der Waals surface area (Å²) in [7, 11) is 0. The molecule has 0 aromatic carbocycles. The molecule has 19 heavy (non-hydrogen) atoms. The minimum atomic E-state index is 0.0930. The van der Waals surface area contributed by atoms with Gasteiger partial charge in [-0.1, -0.05) is 13.8 Å². The minimum Gasteiger partial charge on any atom is -0.379 e. The van der Waals surface area contributed by atoms with Crippen molar-refractivity contribution in [1.82, 2.24) is 14.9 Å². The Hall–Kier alpha value is -0.870. The lowest BCUT2D eigenvalue weighted by molar-refractivity contribution is 0.00651. The smallest absolute Gasteiger partial charge is 0.112 e. The van der Waals surface area contributed by atoms with Gasteiger partial charge in [0.15, 0.2) is 0 Å². The Kier molecular flexibility index (Phi) is 3.39. The zero-order valence-corrected chi connectivity index (χ0v) is 12.3. The highest BCUT2D eigenvalue weighted by molar-refractivity contribution is 5.24. The summed E-state index contributed by atoms with van der Waals surface area (Å²) in [5.41, 5.74) is 2.78. The van der Waals surface area contributed by atoms with Gasteiger partial charge in [-0.3, -0.25) is 0 Å². The van der Waals surface area contributed by atoms with Gasteiger partial charge in [-0.2, -0.15) is 0 Å². The van der Waals surface area contributed by atoms with Gasteiger partial charge in [-0.25, -0.2) is 4.98 Å². The zero-order chi connectivity index (χ0) is 13.5. The zero-order valence-electron chi connectivity index (χ0n) is 12.3. The lowest BCUT2D eigenvalue weighted by atomic mass is 9.92. The van der Waals surface area contributed by atoms with E-state index in [0.29, 0.717) is 5.92 Å². The van der Waals surface area contributed by atoms with Gasteiger partial charge in [-0.05, 0) is 19.8 Å². The van der Waals surface area contributed by atoms with Crippen molar-refractivity contribution < 1.29 is 4.74 Å². The third kappa shape index (κ3) is 2.21. The molecule has 2 aliphatic heterocycles. The van der Waals surface area contributed by atoms with Crippen molar-refractivity contribution in [2.24, 2.45) is 0 Å². The number of ether oxygens (including phenoxy) is 1. The molecular weight excluding hydrogens is 238 g/mol. The average molecular weight is 263 g/mol. The molecule has 4 heteroatoms. The minimum absolute atomic E-state index is 0.0930. The molecule has 1 saturated heterocycles. The van der Waals surface area contributed by atoms with Crippen molar-refractivity contribution in [1.29, 1.82) is 0 Å². The summed E-state index contributed by atoms with van der Waals surface area (Å²) >= 11 is 0. The first-order chi connectivity index (χ1) is 9.12. The predicted molar refractivity (Wildman–Crippen MR) is 75.4 cm³/mol. The van der Waals surface area contributed by atoms with Crippen molar-refractivity contribution in [3.05, 3.63) is 17.2 Å². The SMILES string of the molecule is CC(C)c1nc2c(n1C1(C)CCCOC1)CCNC2. The maximum atomic E-state index is 5.77. The molecule has 2 aliphatic rings. The van der Waals surface area contributed by atoms with Crippen LogP contribution >= 0.6 is 0 Å². The summed E-state index contributed by atoms with van der Waals surface area (Å²) in [5.74, 6) is 1.70. The molecule has 1 N–H and O–H groups in total. The molecule has 0 amide bonds. The fraction of sp³-hybridized carbons (Fsp3) is 0.800. The molecule has 0 bridgehead atoms. The van der Waals surface area contributed by atoms with Gasteiger partial charge in [0, 0.05) is 37.7 Å². The van der Waals surface area contributed by atoms with Crippen LogP contribution in [0.5, 0.6) is 0 Å². The highest BCUT2D eigenvalue weighted by atomic mass is 16.5. The Labute approximate surface area is 115 Å². The molecule has 0 aliphatic carbocycles. The lowest BCUT2D eigenvalue weighted by Gasteiger charge is -2.38. The largest absolute Gasteiger partial charge is 0.379 e. The molecule has 3 heterocycles. The average Bonchev–Trinajstić information content (AvgIpc) is 2.79. The molecule has 1 aromatic rings. The fourth-order valence-corrected chi connectivity index (χ4v) is 3.42. The van der Waals surface area contributed by atoms with Crippen LogP contribution in [0.15, 0.2) is 0 Å². The van der Waals surface area contributed by atoms with E-state index in [1.807, 2.05) is 0 Å². The highest BCUT2D eigenvalue weighted by Gasteiger charge is 2.35. The van der Waals surface area contributed by atoms with Gasteiger partial charge in [0.1, 0.15) is 5.82 Å². The van der Waals surface area contributed by atoms with Crippen molar-refractivity contribution in [3.63, 3.8) is 0 Å². The van der Waals surface area contributed by atoms with E-state index < -0.39 is 0 Å². The molecule has 106 valence electrons. The number of rotatable bonds is 2. The van der Waals surface area contributed by atoms with Gasteiger partial charge in [0.25, 0.3) is 0 Å². The van der Waals surface area contributed by atoms with Crippen LogP contribution in [0, 0.1) is 0 Å². The molecule has 3 rings (SSSR count). The third-order valence-electron chi connectivity index (χ3n) is 4.39. The number of imidazole rings is 1. The summed E-state index contributed by atoms with van der Waals surface area (Å²) in [6.07, 6.45) is 3.44. The van der Waals surface area contributed by atoms with Crippen LogP contribution in [0.1, 0.15) is 56.7 Å². The van der Waals surface area contributed by atoms with E-state index in [1.54, 1.807) is 0 Å². The Balaban J connectivity index is 2.09. The number of nitrogens with one attached hydrogen (secondary N) is 1. The van der Waals surface area contributed by atoms with Gasteiger partial charge in [0.05, 0.1) is 17.8 Å². The maximum Gasteiger partial charge on any atom is 0.112 e. The van der Waals surface area contributed by atoms with Gasteiger partial charge in [0.2, 0.25) is 0 Å². The standard InChI is InChI=1S/C15H25N3O/c1-11(2)14-17-12-9-16-7-5-13(12)18(14)15(3)6-4-8-19-10-15/h11,16H,4-10H2,1-3H3. The summed E-state index contributed by atoms with van der Waals surface area (Å²) in [6.45, 7) is 10.5. The van der Waals surface area contributed by atoms with E-state index in [0.717, 1.165) is 39.1 Å². The summed E-state index contributed by atoms with van der Waals surface area (Å²) in [5, 5.41) is 3.43. The van der Waals surface area contributed by atoms with Crippen LogP contribution in [0.4, 0.5) is 0 Å². The van der Waals surface area contributed by atoms with Crippen LogP contribution in [-0.4, -0.2) is 29.3 Å². The second-order valence-electron chi connectivity index (χ2n) is 6.43. The first-order valence-electron chi connectivity index (χ1n) is 7.51. The monoisotopic (exact) mass is 263 g/mol. The van der Waals surface area contributed by atoms with E-state index in [4.69, 9.17) is 9.72 Å².